The van der Waals surface area contributed by atoms with Gasteiger partial charge >= 0.3 is 0 Å². The third-order valence-electron chi connectivity index (χ3n) is 4.18. The summed E-state index contributed by atoms with van der Waals surface area (Å²) < 4.78 is 0. The van der Waals surface area contributed by atoms with Gasteiger partial charge in [-0.25, -0.2) is 9.98 Å². The van der Waals surface area contributed by atoms with Crippen LogP contribution in [0.3, 0.4) is 0 Å². The van der Waals surface area contributed by atoms with Crippen molar-refractivity contribution in [1.82, 2.24) is 10.3 Å². The molecule has 5 nitrogen and oxygen atoms in total. The third-order valence-corrected chi connectivity index (χ3v) is 4.42. The van der Waals surface area contributed by atoms with Crippen LogP contribution in [-0.2, 0) is 0 Å². The second kappa shape index (κ2) is 6.18. The Labute approximate surface area is 140 Å². The largest absolute Gasteiger partial charge is 0.378 e. The molecule has 2 N–H and O–H groups in total. The lowest BCUT2D eigenvalue weighted by molar-refractivity contribution is 0.585. The van der Waals surface area contributed by atoms with Gasteiger partial charge in [-0.1, -0.05) is 11.6 Å². The lowest BCUT2D eigenvalue weighted by Gasteiger charge is -2.28. The van der Waals surface area contributed by atoms with Gasteiger partial charge in [0.05, 0.1) is 23.6 Å². The number of rotatable bonds is 2. The molecule has 0 spiro atoms. The molecule has 3 heterocycles. The Kier molecular flexibility index (Phi) is 3.89. The van der Waals surface area contributed by atoms with Crippen LogP contribution < -0.4 is 15.5 Å². The van der Waals surface area contributed by atoms with E-state index in [9.17, 15) is 0 Å². The molecule has 1 fully saturated rings. The van der Waals surface area contributed by atoms with Crippen molar-refractivity contribution in [1.29, 1.82) is 0 Å². The fourth-order valence-corrected chi connectivity index (χ4v) is 3.08. The Balaban J connectivity index is 1.58. The molecular formula is C17H18ClN5. The molecule has 2 aromatic rings. The minimum atomic E-state index is 0.697. The number of benzene rings is 1. The van der Waals surface area contributed by atoms with Crippen LogP contribution in [0.15, 0.2) is 41.5 Å². The second-order valence-corrected chi connectivity index (χ2v) is 6.15. The smallest absolute Gasteiger partial charge is 0.128 e. The van der Waals surface area contributed by atoms with Crippen molar-refractivity contribution in [2.45, 2.75) is 0 Å². The highest BCUT2D eigenvalue weighted by molar-refractivity contribution is 6.31. The Morgan fingerprint density at radius 3 is 2.74 bits per heavy atom. The Hall–Kier alpha value is -2.11. The summed E-state index contributed by atoms with van der Waals surface area (Å²) in [5, 5.41) is 7.43. The van der Waals surface area contributed by atoms with Crippen LogP contribution in [0.2, 0.25) is 5.02 Å². The molecule has 1 saturated heterocycles. The zero-order valence-corrected chi connectivity index (χ0v) is 13.5. The topological polar surface area (TPSA) is 52.5 Å². The van der Waals surface area contributed by atoms with E-state index in [4.69, 9.17) is 16.6 Å². The molecular weight excluding hydrogens is 310 g/mol. The van der Waals surface area contributed by atoms with Crippen molar-refractivity contribution < 1.29 is 0 Å². The molecule has 0 atom stereocenters. The summed E-state index contributed by atoms with van der Waals surface area (Å²) in [5.74, 6) is 1.03. The summed E-state index contributed by atoms with van der Waals surface area (Å²) in [6.07, 6.45) is 1.91. The molecule has 1 aromatic carbocycles. The molecule has 2 aliphatic heterocycles. The molecule has 0 unspecified atom stereocenters. The van der Waals surface area contributed by atoms with Gasteiger partial charge in [0.15, 0.2) is 0 Å². The highest BCUT2D eigenvalue weighted by atomic mass is 35.5. The van der Waals surface area contributed by atoms with Crippen LogP contribution in [-0.4, -0.2) is 43.4 Å². The number of aliphatic imine (C=N–C) groups is 1. The van der Waals surface area contributed by atoms with Crippen molar-refractivity contribution in [3.8, 4) is 0 Å². The van der Waals surface area contributed by atoms with Gasteiger partial charge in [0.1, 0.15) is 5.82 Å². The number of nitrogens with zero attached hydrogens (tertiary/aromatic N) is 3. The minimum Gasteiger partial charge on any atom is -0.378 e. The van der Waals surface area contributed by atoms with E-state index >= 15 is 0 Å². The van der Waals surface area contributed by atoms with Gasteiger partial charge in [-0.05, 0) is 30.3 Å². The lowest BCUT2D eigenvalue weighted by Crippen LogP contribution is -2.43. The highest BCUT2D eigenvalue weighted by Gasteiger charge is 2.15. The number of fused-ring (bicyclic) bond motifs is 1. The molecule has 23 heavy (non-hydrogen) atoms. The summed E-state index contributed by atoms with van der Waals surface area (Å²) in [5.41, 5.74) is 3.93. The van der Waals surface area contributed by atoms with Gasteiger partial charge in [-0.3, -0.25) is 0 Å². The second-order valence-electron chi connectivity index (χ2n) is 5.72. The molecule has 118 valence electrons. The monoisotopic (exact) mass is 327 g/mol. The molecule has 0 aliphatic carbocycles. The van der Waals surface area contributed by atoms with Crippen molar-refractivity contribution >= 4 is 34.5 Å². The van der Waals surface area contributed by atoms with Crippen LogP contribution in [0.4, 0.5) is 17.2 Å². The summed E-state index contributed by atoms with van der Waals surface area (Å²) in [6, 6.07) is 9.89. The maximum absolute atomic E-state index is 6.06. The Morgan fingerprint density at radius 1 is 1.09 bits per heavy atom. The molecule has 0 amide bonds. The first-order chi connectivity index (χ1) is 11.3. The predicted molar refractivity (Wildman–Crippen MR) is 95.5 cm³/mol. The standard InChI is InChI=1S/C17H18ClN5/c18-13-2-3-14-15(9-13)22-16(11-20-14)12-1-4-17(21-10-12)23-7-5-19-6-8-23/h1-4,9-10,19-20H,5-8,11H2. The fraction of sp³-hybridized carbons (Fsp3) is 0.294. The molecule has 6 heteroatoms. The van der Waals surface area contributed by atoms with E-state index < -0.39 is 0 Å². The number of nitrogens with one attached hydrogen (secondary N) is 2. The number of aromatic nitrogens is 1. The zero-order valence-electron chi connectivity index (χ0n) is 12.7. The molecule has 2 aliphatic rings. The van der Waals surface area contributed by atoms with Gasteiger partial charge in [-0.2, -0.15) is 0 Å². The van der Waals surface area contributed by atoms with E-state index in [0.29, 0.717) is 11.6 Å². The van der Waals surface area contributed by atoms with E-state index in [0.717, 1.165) is 54.6 Å². The number of halogens is 1. The summed E-state index contributed by atoms with van der Waals surface area (Å²) in [4.78, 5) is 11.6. The SMILES string of the molecule is Clc1ccc2c(c1)N=C(c1ccc(N3CCNCC3)nc1)CN2. The van der Waals surface area contributed by atoms with Crippen molar-refractivity contribution in [3.05, 3.63) is 47.1 Å². The maximum atomic E-state index is 6.06. The summed E-state index contributed by atoms with van der Waals surface area (Å²) in [6.45, 7) is 4.72. The number of hydrogen-bond acceptors (Lipinski definition) is 5. The molecule has 0 saturated carbocycles. The number of anilines is 2. The quantitative estimate of drug-likeness (QED) is 0.890. The van der Waals surface area contributed by atoms with Crippen LogP contribution in [0.25, 0.3) is 0 Å². The van der Waals surface area contributed by atoms with Crippen molar-refractivity contribution in [3.63, 3.8) is 0 Å². The average molecular weight is 328 g/mol. The molecule has 0 radical (unpaired) electrons. The van der Waals surface area contributed by atoms with Gasteiger partial charge in [0, 0.05) is 43.0 Å². The summed E-state index contributed by atoms with van der Waals surface area (Å²) >= 11 is 6.06. The van der Waals surface area contributed by atoms with Crippen LogP contribution in [0.5, 0.6) is 0 Å². The van der Waals surface area contributed by atoms with E-state index in [1.807, 2.05) is 24.4 Å². The normalized spacial score (nSPS) is 17.3. The molecule has 4 rings (SSSR count). The Morgan fingerprint density at radius 2 is 1.96 bits per heavy atom. The predicted octanol–water partition coefficient (Wildman–Crippen LogP) is 2.69. The van der Waals surface area contributed by atoms with Crippen LogP contribution in [0, 0.1) is 0 Å². The maximum Gasteiger partial charge on any atom is 0.128 e. The fourth-order valence-electron chi connectivity index (χ4n) is 2.92. The van der Waals surface area contributed by atoms with Crippen LogP contribution >= 0.6 is 11.6 Å². The van der Waals surface area contributed by atoms with Crippen molar-refractivity contribution in [2.75, 3.05) is 42.9 Å². The average Bonchev–Trinajstić information content (AvgIpc) is 2.62. The highest BCUT2D eigenvalue weighted by Crippen LogP contribution is 2.31. The third kappa shape index (κ3) is 3.02. The summed E-state index contributed by atoms with van der Waals surface area (Å²) in [7, 11) is 0. The van der Waals surface area contributed by atoms with E-state index in [-0.39, 0.29) is 0 Å². The first kappa shape index (κ1) is 14.5. The Bertz CT molecular complexity index is 735. The van der Waals surface area contributed by atoms with E-state index in [1.165, 1.54) is 0 Å². The minimum absolute atomic E-state index is 0.697. The van der Waals surface area contributed by atoms with Gasteiger partial charge in [-0.15, -0.1) is 0 Å². The molecule has 0 bridgehead atoms. The first-order valence-electron chi connectivity index (χ1n) is 7.83. The first-order valence-corrected chi connectivity index (χ1v) is 8.20. The molecule has 1 aromatic heterocycles. The van der Waals surface area contributed by atoms with Gasteiger partial charge in [0.25, 0.3) is 0 Å². The number of piperazine rings is 1. The van der Waals surface area contributed by atoms with E-state index in [2.05, 4.69) is 32.7 Å². The van der Waals surface area contributed by atoms with Crippen LogP contribution in [0.1, 0.15) is 5.56 Å². The van der Waals surface area contributed by atoms with Gasteiger partial charge < -0.3 is 15.5 Å². The van der Waals surface area contributed by atoms with Crippen molar-refractivity contribution in [2.24, 2.45) is 4.99 Å². The van der Waals surface area contributed by atoms with Gasteiger partial charge in [0.2, 0.25) is 0 Å². The lowest BCUT2D eigenvalue weighted by atomic mass is 10.1. The zero-order chi connectivity index (χ0) is 15.6. The number of pyridine rings is 1. The number of hydrogen-bond donors (Lipinski definition) is 2. The van der Waals surface area contributed by atoms with E-state index in [1.54, 1.807) is 0 Å².